The van der Waals surface area contributed by atoms with Crippen molar-refractivity contribution in [3.63, 3.8) is 0 Å². The molecule has 1 unspecified atom stereocenters. The summed E-state index contributed by atoms with van der Waals surface area (Å²) >= 11 is 0. The number of nitrogens with one attached hydrogen (secondary N) is 2. The molecule has 0 saturated carbocycles. The molecule has 0 bridgehead atoms. The van der Waals surface area contributed by atoms with E-state index in [1.807, 2.05) is 124 Å². The third-order valence-electron chi connectivity index (χ3n) is 11.5. The molecule has 358 valence electrons. The standard InChI is InChI=1S/C49H67N6O10P/c1-33(65-66(61,62)63)64-41(31-38(51-44(56)42(48(2,3)4)53(8)47(59)60)29-35-22-24-37(25-23-35)39-21-15-16-26-50-39)40(30-34-17-11-9-12-18-34)52-45(57)43(49(5,6)7)55-28-27-54(46(55)58)32-36-19-13-10-14-20-36/h9-26,33,38,40-43,61-63,66H,27-32H2,1-8H3,(H,51,56)(H,52,57)(H,59,60)/t33?,38-,40-,41-,42+,43+/m0/s1. The second-order valence-electron chi connectivity index (χ2n) is 19.1. The number of benzene rings is 3. The van der Waals surface area contributed by atoms with E-state index in [4.69, 9.17) is 9.26 Å². The van der Waals surface area contributed by atoms with Crippen LogP contribution < -0.4 is 10.6 Å². The molecule has 6 atom stereocenters. The van der Waals surface area contributed by atoms with Crippen molar-refractivity contribution in [2.75, 3.05) is 20.1 Å². The fourth-order valence-electron chi connectivity index (χ4n) is 8.65. The van der Waals surface area contributed by atoms with E-state index in [1.54, 1.807) is 36.8 Å². The number of carboxylic acid groups (broad SMARTS) is 1. The van der Waals surface area contributed by atoms with Gasteiger partial charge >= 0.3 is 324 Å². The zero-order valence-corrected chi connectivity index (χ0v) is 40.1. The topological polar surface area (TPSA) is 214 Å². The first kappa shape index (κ1) is 51.5. The maximum atomic E-state index is 15.0. The van der Waals surface area contributed by atoms with E-state index in [-0.39, 0.29) is 25.3 Å². The monoisotopic (exact) mass is 930 g/mol. The Kier molecular flexibility index (Phi) is 17.4. The van der Waals surface area contributed by atoms with Gasteiger partial charge in [0.2, 0.25) is 0 Å². The summed E-state index contributed by atoms with van der Waals surface area (Å²) < 4.78 is 11.6. The van der Waals surface area contributed by atoms with Gasteiger partial charge in [0, 0.05) is 6.20 Å². The van der Waals surface area contributed by atoms with Gasteiger partial charge in [0.1, 0.15) is 0 Å². The van der Waals surface area contributed by atoms with Crippen molar-refractivity contribution in [2.45, 2.75) is 111 Å². The van der Waals surface area contributed by atoms with Gasteiger partial charge in [0.15, 0.2) is 0 Å². The average Bonchev–Trinajstić information content (AvgIpc) is 3.57. The molecule has 2 heterocycles. The van der Waals surface area contributed by atoms with Crippen molar-refractivity contribution in [3.05, 3.63) is 126 Å². The van der Waals surface area contributed by atoms with Gasteiger partial charge in [-0.25, -0.2) is 0 Å². The average molecular weight is 931 g/mol. The van der Waals surface area contributed by atoms with E-state index >= 15 is 0 Å². The van der Waals surface area contributed by atoms with Crippen LogP contribution in [0.1, 0.15) is 71.6 Å². The third kappa shape index (κ3) is 14.8. The molecule has 17 heteroatoms. The first-order chi connectivity index (χ1) is 31.0. The number of urea groups is 1. The Morgan fingerprint density at radius 2 is 1.36 bits per heavy atom. The molecule has 0 radical (unpaired) electrons. The fraction of sp³-hybridized carbons (Fsp3) is 0.449. The number of hydrogen-bond acceptors (Lipinski definition) is 10. The molecule has 5 amide bonds. The summed E-state index contributed by atoms with van der Waals surface area (Å²) in [5.74, 6) is -1.03. The molecule has 1 aliphatic rings. The second-order valence-corrected chi connectivity index (χ2v) is 20.5. The Hall–Kier alpha value is -5.48. The predicted octanol–water partition coefficient (Wildman–Crippen LogP) is 6.41. The molecule has 1 aliphatic heterocycles. The first-order valence-corrected chi connectivity index (χ1v) is 24.0. The van der Waals surface area contributed by atoms with Crippen LogP contribution in [0.15, 0.2) is 109 Å². The minimum atomic E-state index is -5.15. The zero-order chi connectivity index (χ0) is 48.4. The molecule has 1 fully saturated rings. The van der Waals surface area contributed by atoms with Crippen molar-refractivity contribution in [1.82, 2.24) is 30.3 Å². The Labute approximate surface area is 388 Å². The number of carbonyl (C=O) groups excluding carboxylic acids is 3. The summed E-state index contributed by atoms with van der Waals surface area (Å²) in [6.07, 6.45) is -1.73. The second kappa shape index (κ2) is 22.3. The zero-order valence-electron chi connectivity index (χ0n) is 39.1. The van der Waals surface area contributed by atoms with Gasteiger partial charge in [-0.2, -0.15) is 0 Å². The molecular weight excluding hydrogens is 864 g/mol. The van der Waals surface area contributed by atoms with E-state index in [2.05, 4.69) is 15.6 Å². The van der Waals surface area contributed by atoms with E-state index in [9.17, 15) is 39.0 Å². The number of aromatic nitrogens is 1. The predicted molar refractivity (Wildman–Crippen MR) is 254 cm³/mol. The maximum absolute atomic E-state index is 15.0. The van der Waals surface area contributed by atoms with E-state index in [0.717, 1.165) is 32.8 Å². The van der Waals surface area contributed by atoms with Gasteiger partial charge in [-0.1, -0.05) is 36.4 Å². The summed E-state index contributed by atoms with van der Waals surface area (Å²) in [4.78, 5) is 94.6. The van der Waals surface area contributed by atoms with Crippen LogP contribution in [-0.2, 0) is 38.2 Å². The molecular formula is C49H67N6O10P. The summed E-state index contributed by atoms with van der Waals surface area (Å²) in [6, 6.07) is 28.1. The Morgan fingerprint density at radius 1 is 0.773 bits per heavy atom. The van der Waals surface area contributed by atoms with Gasteiger partial charge in [0.25, 0.3) is 0 Å². The van der Waals surface area contributed by atoms with Crippen LogP contribution in [0.2, 0.25) is 0 Å². The van der Waals surface area contributed by atoms with Gasteiger partial charge in [0.05, 0.1) is 0 Å². The Morgan fingerprint density at radius 3 is 1.91 bits per heavy atom. The van der Waals surface area contributed by atoms with E-state index < -0.39 is 73.5 Å². The number of nitrogens with zero attached hydrogens (tertiary/aromatic N) is 4. The fourth-order valence-corrected chi connectivity index (χ4v) is 9.16. The van der Waals surface area contributed by atoms with Crippen LogP contribution in [0.5, 0.6) is 0 Å². The van der Waals surface area contributed by atoms with E-state index in [0.29, 0.717) is 19.6 Å². The third-order valence-corrected chi connectivity index (χ3v) is 12.2. The van der Waals surface area contributed by atoms with Gasteiger partial charge in [-0.3, -0.25) is 4.98 Å². The summed E-state index contributed by atoms with van der Waals surface area (Å²) in [5, 5.41) is 16.4. The van der Waals surface area contributed by atoms with Crippen molar-refractivity contribution in [2.24, 2.45) is 10.8 Å². The molecule has 0 spiro atoms. The number of carbonyl (C=O) groups is 4. The van der Waals surface area contributed by atoms with Crippen molar-refractivity contribution in [3.8, 4) is 11.3 Å². The van der Waals surface area contributed by atoms with Crippen LogP contribution in [0.3, 0.4) is 0 Å². The molecule has 5 rings (SSSR count). The molecule has 1 aromatic heterocycles. The number of rotatable bonds is 20. The number of pyridine rings is 1. The van der Waals surface area contributed by atoms with Gasteiger partial charge in [-0.05, 0) is 17.7 Å². The number of amides is 5. The van der Waals surface area contributed by atoms with Crippen LogP contribution in [-0.4, -0.2) is 120 Å². The van der Waals surface area contributed by atoms with Gasteiger partial charge < -0.3 is 0 Å². The molecule has 1 saturated heterocycles. The van der Waals surface area contributed by atoms with Gasteiger partial charge in [-0.15, -0.1) is 0 Å². The van der Waals surface area contributed by atoms with Crippen molar-refractivity contribution >= 4 is 32.1 Å². The molecule has 16 nitrogen and oxygen atoms in total. The summed E-state index contributed by atoms with van der Waals surface area (Å²) in [5.41, 5.74) is 2.61. The molecule has 4 aromatic rings. The summed E-state index contributed by atoms with van der Waals surface area (Å²) in [6.45, 7) is 13.4. The first-order valence-electron chi connectivity index (χ1n) is 22.2. The Balaban J connectivity index is 1.55. The minimum absolute atomic E-state index is 0.0304. The normalized spacial score (nSPS) is 16.4. The van der Waals surface area contributed by atoms with Crippen molar-refractivity contribution in [1.29, 1.82) is 0 Å². The SMILES string of the molecule is CC(O[C@@H](C[C@H](Cc1ccc(-c2ccccn2)cc1)NC(=O)[C@@H](N(C)C(=O)O)C(C)(C)C)[C@H](Cc1ccccc1)NC(=O)[C@@H](N1CCN(Cc2ccccc2)C1=O)C(C)(C)C)O[PH](O)(O)O. The van der Waals surface area contributed by atoms with Crippen molar-refractivity contribution < 1.29 is 48.2 Å². The van der Waals surface area contributed by atoms with Crippen LogP contribution in [0, 0.1) is 10.8 Å². The van der Waals surface area contributed by atoms with E-state index in [1.165, 1.54) is 14.0 Å². The molecule has 6 N–H and O–H groups in total. The molecule has 0 aliphatic carbocycles. The van der Waals surface area contributed by atoms with Crippen LogP contribution >= 0.6 is 8.17 Å². The number of ether oxygens (including phenoxy) is 1. The van der Waals surface area contributed by atoms with Crippen LogP contribution in [0.4, 0.5) is 9.59 Å². The number of hydrogen-bond donors (Lipinski definition) is 6. The molecule has 66 heavy (non-hydrogen) atoms. The quantitative estimate of drug-likeness (QED) is 0.0421. The number of likely N-dealkylation sites (N-methyl/N-ethyl adjacent to an activating group) is 1. The summed E-state index contributed by atoms with van der Waals surface area (Å²) in [7, 11) is -3.81. The molecule has 3 aromatic carbocycles. The Bertz CT molecular complexity index is 2200. The van der Waals surface area contributed by atoms with Crippen LogP contribution in [0.25, 0.3) is 11.3 Å².